The summed E-state index contributed by atoms with van der Waals surface area (Å²) in [7, 11) is 0. The van der Waals surface area contributed by atoms with E-state index < -0.39 is 12.0 Å². The Bertz CT molecular complexity index is 530. The second-order valence-corrected chi connectivity index (χ2v) is 14.9. The molecule has 134 valence electrons. The molecule has 0 unspecified atom stereocenters. The monoisotopic (exact) mass is 408 g/mol. The zero-order chi connectivity index (χ0) is 17.8. The van der Waals surface area contributed by atoms with E-state index in [0.717, 1.165) is 62.0 Å². The van der Waals surface area contributed by atoms with Gasteiger partial charge in [0.15, 0.2) is 0 Å². The fraction of sp³-hybridized carbons (Fsp3) is 0.471. The van der Waals surface area contributed by atoms with E-state index in [2.05, 4.69) is 0 Å². The number of hydrogen-bond donors (Lipinski definition) is 1. The lowest BCUT2D eigenvalue weighted by molar-refractivity contribution is -0.131. The van der Waals surface area contributed by atoms with Crippen molar-refractivity contribution in [2.45, 2.75) is 44.6 Å². The summed E-state index contributed by atoms with van der Waals surface area (Å²) in [5, 5.41) is 8.63. The highest BCUT2D eigenvalue weighted by molar-refractivity contribution is 7.64. The quantitative estimate of drug-likeness (QED) is 0.195. The maximum Gasteiger partial charge on any atom is 0.341 e. The standard InChI is InChI=1S/C17H23Cl3O3Si/c18-24(19,20)13-6-4-2-1-3-5-12-23-16-9-7-8-15(14-16)10-11-17(21)22/h7-11,14H,1-6,12-13H2,(H,21,22)/b11-10+. The molecule has 0 bridgehead atoms. The van der Waals surface area contributed by atoms with Crippen LogP contribution in [0.1, 0.15) is 44.1 Å². The number of halogens is 3. The number of carboxylic acid groups (broad SMARTS) is 1. The molecule has 0 spiro atoms. The number of aliphatic carboxylic acids is 1. The number of carboxylic acids is 1. The number of rotatable bonds is 12. The summed E-state index contributed by atoms with van der Waals surface area (Å²) in [6, 6.07) is 5.71. The van der Waals surface area contributed by atoms with E-state index in [1.54, 1.807) is 6.08 Å². The summed E-state index contributed by atoms with van der Waals surface area (Å²) >= 11 is 17.5. The average Bonchev–Trinajstić information content (AvgIpc) is 2.50. The third kappa shape index (κ3) is 11.8. The highest BCUT2D eigenvalue weighted by atomic mass is 35.8. The molecule has 0 amide bonds. The summed E-state index contributed by atoms with van der Waals surface area (Å²) in [5.74, 6) is -0.201. The molecule has 0 saturated carbocycles. The van der Waals surface area contributed by atoms with Crippen molar-refractivity contribution in [2.24, 2.45) is 0 Å². The number of carbonyl (C=O) groups is 1. The summed E-state index contributed by atoms with van der Waals surface area (Å²) in [5.41, 5.74) is 0.812. The van der Waals surface area contributed by atoms with E-state index in [1.165, 1.54) is 0 Å². The lowest BCUT2D eigenvalue weighted by Gasteiger charge is -2.08. The normalized spacial score (nSPS) is 11.8. The Balaban J connectivity index is 2.11. The van der Waals surface area contributed by atoms with Gasteiger partial charge >= 0.3 is 12.0 Å². The van der Waals surface area contributed by atoms with E-state index in [4.69, 9.17) is 43.1 Å². The minimum atomic E-state index is -2.43. The molecule has 0 aliphatic carbocycles. The first-order chi connectivity index (χ1) is 11.4. The molecule has 24 heavy (non-hydrogen) atoms. The predicted molar refractivity (Wildman–Crippen MR) is 104 cm³/mol. The van der Waals surface area contributed by atoms with Gasteiger partial charge in [-0.25, -0.2) is 4.79 Å². The number of ether oxygens (including phenoxy) is 1. The molecule has 1 N–H and O–H groups in total. The van der Waals surface area contributed by atoms with Crippen molar-refractivity contribution in [3.05, 3.63) is 35.9 Å². The van der Waals surface area contributed by atoms with Crippen LogP contribution in [0.25, 0.3) is 6.08 Å². The van der Waals surface area contributed by atoms with E-state index in [-0.39, 0.29) is 0 Å². The van der Waals surface area contributed by atoms with Crippen LogP contribution in [0, 0.1) is 0 Å². The van der Waals surface area contributed by atoms with Crippen LogP contribution in [0.5, 0.6) is 5.75 Å². The SMILES string of the molecule is O=C(O)/C=C/c1cccc(OCCCCCCCC[Si](Cl)(Cl)Cl)c1. The fourth-order valence-corrected chi connectivity index (χ4v) is 4.05. The van der Waals surface area contributed by atoms with Crippen LogP contribution in [-0.2, 0) is 4.79 Å². The van der Waals surface area contributed by atoms with Gasteiger partial charge in [0.25, 0.3) is 0 Å². The summed E-state index contributed by atoms with van der Waals surface area (Å²) < 4.78 is 5.70. The largest absolute Gasteiger partial charge is 0.494 e. The lowest BCUT2D eigenvalue weighted by atomic mass is 10.1. The Morgan fingerprint density at radius 2 is 1.75 bits per heavy atom. The maximum atomic E-state index is 10.5. The molecule has 0 aliphatic rings. The van der Waals surface area contributed by atoms with E-state index in [9.17, 15) is 4.79 Å². The topological polar surface area (TPSA) is 46.5 Å². The molecule has 0 atom stereocenters. The van der Waals surface area contributed by atoms with Crippen molar-refractivity contribution in [3.8, 4) is 5.75 Å². The van der Waals surface area contributed by atoms with E-state index in [0.29, 0.717) is 6.61 Å². The van der Waals surface area contributed by atoms with Crippen LogP contribution in [0.4, 0.5) is 0 Å². The Labute approximate surface area is 158 Å². The van der Waals surface area contributed by atoms with E-state index >= 15 is 0 Å². The molecule has 0 fully saturated rings. The van der Waals surface area contributed by atoms with Gasteiger partial charge in [0, 0.05) is 6.08 Å². The van der Waals surface area contributed by atoms with Gasteiger partial charge in [-0.2, -0.15) is 0 Å². The van der Waals surface area contributed by atoms with Gasteiger partial charge in [0.2, 0.25) is 0 Å². The number of benzene rings is 1. The Morgan fingerprint density at radius 1 is 1.08 bits per heavy atom. The van der Waals surface area contributed by atoms with Crippen LogP contribution in [0.15, 0.2) is 30.3 Å². The minimum absolute atomic E-state index is 0.660. The van der Waals surface area contributed by atoms with Gasteiger partial charge in [-0.1, -0.05) is 44.2 Å². The summed E-state index contributed by atoms with van der Waals surface area (Å²) in [6.07, 6.45) is 9.20. The second-order valence-electron chi connectivity index (χ2n) is 5.58. The second kappa shape index (κ2) is 11.8. The minimum Gasteiger partial charge on any atom is -0.494 e. The maximum absolute atomic E-state index is 10.5. The van der Waals surface area contributed by atoms with Gasteiger partial charge in [-0.15, -0.1) is 33.2 Å². The molecular formula is C17H23Cl3O3Si. The smallest absolute Gasteiger partial charge is 0.341 e. The molecule has 0 heterocycles. The van der Waals surface area contributed by atoms with Crippen molar-refractivity contribution in [2.75, 3.05) is 6.61 Å². The van der Waals surface area contributed by atoms with Crippen molar-refractivity contribution in [1.29, 1.82) is 0 Å². The molecular weight excluding hydrogens is 387 g/mol. The van der Waals surface area contributed by atoms with Crippen LogP contribution in [0.3, 0.4) is 0 Å². The summed E-state index contributed by atoms with van der Waals surface area (Å²) in [4.78, 5) is 10.5. The van der Waals surface area contributed by atoms with Gasteiger partial charge in [0.1, 0.15) is 5.75 Å². The Hall–Kier alpha value is -0.683. The van der Waals surface area contributed by atoms with Crippen LogP contribution in [0.2, 0.25) is 6.04 Å². The molecule has 1 rings (SSSR count). The van der Waals surface area contributed by atoms with E-state index in [1.807, 2.05) is 24.3 Å². The zero-order valence-electron chi connectivity index (χ0n) is 13.5. The van der Waals surface area contributed by atoms with Crippen LogP contribution in [-0.4, -0.2) is 23.7 Å². The van der Waals surface area contributed by atoms with Gasteiger partial charge in [-0.3, -0.25) is 0 Å². The molecule has 3 nitrogen and oxygen atoms in total. The predicted octanol–water partition coefficient (Wildman–Crippen LogP) is 6.16. The van der Waals surface area contributed by atoms with Crippen LogP contribution >= 0.6 is 33.2 Å². The third-order valence-corrected chi connectivity index (χ3v) is 6.02. The Morgan fingerprint density at radius 3 is 2.42 bits per heavy atom. The molecule has 1 aromatic carbocycles. The number of unbranched alkanes of at least 4 members (excludes halogenated alkanes) is 5. The molecule has 7 heteroatoms. The van der Waals surface area contributed by atoms with Gasteiger partial charge in [-0.05, 0) is 36.2 Å². The first-order valence-corrected chi connectivity index (χ1v) is 13.3. The van der Waals surface area contributed by atoms with Crippen molar-refractivity contribution >= 4 is 51.3 Å². The average molecular weight is 410 g/mol. The van der Waals surface area contributed by atoms with Crippen molar-refractivity contribution in [3.63, 3.8) is 0 Å². The zero-order valence-corrected chi connectivity index (χ0v) is 16.8. The first-order valence-electron chi connectivity index (χ1n) is 8.07. The molecule has 0 saturated heterocycles. The van der Waals surface area contributed by atoms with Gasteiger partial charge < -0.3 is 9.84 Å². The molecule has 0 radical (unpaired) electrons. The molecule has 0 aromatic heterocycles. The Kier molecular flexibility index (Phi) is 10.5. The highest BCUT2D eigenvalue weighted by Gasteiger charge is 2.23. The highest BCUT2D eigenvalue weighted by Crippen LogP contribution is 2.27. The fourth-order valence-electron chi connectivity index (χ4n) is 2.20. The third-order valence-electron chi connectivity index (χ3n) is 3.40. The number of hydrogen-bond acceptors (Lipinski definition) is 2. The molecule has 1 aromatic rings. The summed E-state index contributed by atoms with van der Waals surface area (Å²) in [6.45, 7) is 0.660. The lowest BCUT2D eigenvalue weighted by Crippen LogP contribution is -2.07. The molecule has 0 aliphatic heterocycles. The first kappa shape index (κ1) is 21.4. The van der Waals surface area contributed by atoms with Gasteiger partial charge in [0.05, 0.1) is 6.61 Å². The van der Waals surface area contributed by atoms with Crippen molar-refractivity contribution < 1.29 is 14.6 Å². The van der Waals surface area contributed by atoms with Crippen molar-refractivity contribution in [1.82, 2.24) is 0 Å². The van der Waals surface area contributed by atoms with Crippen LogP contribution < -0.4 is 4.74 Å².